The Kier molecular flexibility index (Phi) is 3.75. The first-order valence-corrected chi connectivity index (χ1v) is 5.72. The number of hydrogen-bond donors (Lipinski definition) is 1. The molecule has 0 bridgehead atoms. The van der Waals surface area contributed by atoms with E-state index >= 15 is 0 Å². The number of carboxylic acid groups (broad SMARTS) is 1. The number of nitrogens with zero attached hydrogens (tertiary/aromatic N) is 1. The summed E-state index contributed by atoms with van der Waals surface area (Å²) in [4.78, 5) is 23.1. The molecular formula is C14H12FNO3. The first kappa shape index (κ1) is 13.0. The smallest absolute Gasteiger partial charge is 0.341 e. The minimum absolute atomic E-state index is 0.0143. The van der Waals surface area contributed by atoms with Gasteiger partial charge in [0.2, 0.25) is 5.43 Å². The van der Waals surface area contributed by atoms with Gasteiger partial charge in [0, 0.05) is 18.0 Å². The fourth-order valence-corrected chi connectivity index (χ4v) is 1.83. The number of rotatable bonds is 4. The van der Waals surface area contributed by atoms with E-state index in [9.17, 15) is 14.0 Å². The molecule has 5 heteroatoms. The number of aromatic carboxylic acids is 1. The van der Waals surface area contributed by atoms with Gasteiger partial charge in [-0.1, -0.05) is 30.3 Å². The second-order valence-corrected chi connectivity index (χ2v) is 4.01. The molecule has 4 nitrogen and oxygen atoms in total. The predicted octanol–water partition coefficient (Wildman–Crippen LogP) is 2.18. The highest BCUT2D eigenvalue weighted by Crippen LogP contribution is 2.15. The first-order valence-electron chi connectivity index (χ1n) is 5.72. The standard InChI is InChI=1S/C14H12FNO3/c15-6-7-16-8-11(10-4-2-1-3-5-10)13(17)12(9-16)14(18)19/h1-5,8-9H,6-7H2,(H,18,19). The Morgan fingerprint density at radius 3 is 2.47 bits per heavy atom. The zero-order valence-corrected chi connectivity index (χ0v) is 10.0. The summed E-state index contributed by atoms with van der Waals surface area (Å²) in [7, 11) is 0. The summed E-state index contributed by atoms with van der Waals surface area (Å²) in [6.45, 7) is -0.615. The summed E-state index contributed by atoms with van der Waals surface area (Å²) >= 11 is 0. The van der Waals surface area contributed by atoms with Crippen molar-refractivity contribution in [1.29, 1.82) is 0 Å². The number of hydrogen-bond acceptors (Lipinski definition) is 2. The Labute approximate surface area is 108 Å². The average molecular weight is 261 g/mol. The molecule has 2 aromatic rings. The van der Waals surface area contributed by atoms with E-state index in [4.69, 9.17) is 5.11 Å². The van der Waals surface area contributed by atoms with Crippen LogP contribution in [0.15, 0.2) is 47.5 Å². The number of aromatic nitrogens is 1. The van der Waals surface area contributed by atoms with Crippen LogP contribution < -0.4 is 5.43 Å². The van der Waals surface area contributed by atoms with Crippen molar-refractivity contribution in [2.24, 2.45) is 0 Å². The Bertz CT molecular complexity index is 649. The monoisotopic (exact) mass is 261 g/mol. The normalized spacial score (nSPS) is 10.4. The molecule has 98 valence electrons. The number of aryl methyl sites for hydroxylation is 1. The Morgan fingerprint density at radius 2 is 1.89 bits per heavy atom. The molecule has 1 heterocycles. The third kappa shape index (κ3) is 2.70. The maximum absolute atomic E-state index is 12.4. The number of carboxylic acids is 1. The molecule has 0 spiro atoms. The molecule has 0 saturated carbocycles. The van der Waals surface area contributed by atoms with E-state index in [-0.39, 0.29) is 17.7 Å². The van der Waals surface area contributed by atoms with Crippen molar-refractivity contribution < 1.29 is 14.3 Å². The number of alkyl halides is 1. The summed E-state index contributed by atoms with van der Waals surface area (Å²) in [5, 5.41) is 9.02. The van der Waals surface area contributed by atoms with Crippen molar-refractivity contribution in [3.05, 3.63) is 58.5 Å². The van der Waals surface area contributed by atoms with E-state index in [2.05, 4.69) is 0 Å². The SMILES string of the molecule is O=C(O)c1cn(CCF)cc(-c2ccccc2)c1=O. The highest BCUT2D eigenvalue weighted by molar-refractivity contribution is 5.88. The summed E-state index contributed by atoms with van der Waals surface area (Å²) < 4.78 is 13.8. The predicted molar refractivity (Wildman–Crippen MR) is 69.1 cm³/mol. The van der Waals surface area contributed by atoms with Gasteiger partial charge in [-0.15, -0.1) is 0 Å². The number of pyridine rings is 1. The van der Waals surface area contributed by atoms with Crippen LogP contribution in [0.4, 0.5) is 4.39 Å². The van der Waals surface area contributed by atoms with Crippen LogP contribution in [0.1, 0.15) is 10.4 Å². The van der Waals surface area contributed by atoms with Crippen molar-refractivity contribution in [3.63, 3.8) is 0 Å². The van der Waals surface area contributed by atoms with E-state index in [1.54, 1.807) is 30.3 Å². The number of benzene rings is 1. The summed E-state index contributed by atoms with van der Waals surface area (Å²) in [6.07, 6.45) is 2.64. The van der Waals surface area contributed by atoms with Gasteiger partial charge in [0.15, 0.2) is 0 Å². The lowest BCUT2D eigenvalue weighted by Crippen LogP contribution is -2.20. The van der Waals surface area contributed by atoms with Crippen LogP contribution >= 0.6 is 0 Å². The lowest BCUT2D eigenvalue weighted by atomic mass is 10.1. The van der Waals surface area contributed by atoms with Gasteiger partial charge in [-0.25, -0.2) is 9.18 Å². The minimum atomic E-state index is -1.31. The van der Waals surface area contributed by atoms with Crippen LogP contribution in [0.25, 0.3) is 11.1 Å². The van der Waals surface area contributed by atoms with Gasteiger partial charge in [0.05, 0.1) is 6.54 Å². The van der Waals surface area contributed by atoms with Gasteiger partial charge < -0.3 is 9.67 Å². The highest BCUT2D eigenvalue weighted by Gasteiger charge is 2.14. The second-order valence-electron chi connectivity index (χ2n) is 4.01. The largest absolute Gasteiger partial charge is 0.477 e. The van der Waals surface area contributed by atoms with E-state index in [0.29, 0.717) is 5.56 Å². The van der Waals surface area contributed by atoms with E-state index < -0.39 is 18.1 Å². The fraction of sp³-hybridized carbons (Fsp3) is 0.143. The molecule has 1 aromatic heterocycles. The molecule has 0 fully saturated rings. The molecule has 0 amide bonds. The Hall–Kier alpha value is -2.43. The van der Waals surface area contributed by atoms with Crippen molar-refractivity contribution in [2.45, 2.75) is 6.54 Å². The molecule has 0 unspecified atom stereocenters. The molecule has 1 N–H and O–H groups in total. The highest BCUT2D eigenvalue weighted by atomic mass is 19.1. The van der Waals surface area contributed by atoms with Crippen molar-refractivity contribution in [2.75, 3.05) is 6.67 Å². The summed E-state index contributed by atoms with van der Waals surface area (Å²) in [6, 6.07) is 8.72. The maximum Gasteiger partial charge on any atom is 0.341 e. The number of carbonyl (C=O) groups is 1. The maximum atomic E-state index is 12.4. The number of halogens is 1. The lowest BCUT2D eigenvalue weighted by Gasteiger charge is -2.09. The third-order valence-corrected chi connectivity index (χ3v) is 2.74. The molecule has 0 aliphatic heterocycles. The molecule has 0 aliphatic rings. The van der Waals surface area contributed by atoms with Gasteiger partial charge in [-0.3, -0.25) is 4.79 Å². The Morgan fingerprint density at radius 1 is 1.21 bits per heavy atom. The topological polar surface area (TPSA) is 59.3 Å². The van der Waals surface area contributed by atoms with E-state index in [0.717, 1.165) is 6.20 Å². The first-order chi connectivity index (χ1) is 9.13. The van der Waals surface area contributed by atoms with E-state index in [1.165, 1.54) is 10.8 Å². The summed E-state index contributed by atoms with van der Waals surface area (Å²) in [5.74, 6) is -1.31. The van der Waals surface area contributed by atoms with Gasteiger partial charge in [-0.2, -0.15) is 0 Å². The fourth-order valence-electron chi connectivity index (χ4n) is 1.83. The van der Waals surface area contributed by atoms with Crippen LogP contribution in [0.5, 0.6) is 0 Å². The van der Waals surface area contributed by atoms with Gasteiger partial charge in [-0.05, 0) is 5.56 Å². The van der Waals surface area contributed by atoms with Crippen LogP contribution in [0.3, 0.4) is 0 Å². The second kappa shape index (κ2) is 5.48. The molecule has 0 saturated heterocycles. The molecule has 19 heavy (non-hydrogen) atoms. The molecular weight excluding hydrogens is 249 g/mol. The van der Waals surface area contributed by atoms with Crippen LogP contribution in [0.2, 0.25) is 0 Å². The zero-order chi connectivity index (χ0) is 13.8. The molecule has 0 radical (unpaired) electrons. The molecule has 0 aliphatic carbocycles. The minimum Gasteiger partial charge on any atom is -0.477 e. The van der Waals surface area contributed by atoms with Crippen LogP contribution in [0, 0.1) is 0 Å². The Balaban J connectivity index is 2.66. The van der Waals surface area contributed by atoms with Crippen LogP contribution in [-0.4, -0.2) is 22.3 Å². The van der Waals surface area contributed by atoms with Crippen molar-refractivity contribution >= 4 is 5.97 Å². The van der Waals surface area contributed by atoms with Gasteiger partial charge in [0.1, 0.15) is 12.2 Å². The van der Waals surface area contributed by atoms with E-state index in [1.807, 2.05) is 0 Å². The lowest BCUT2D eigenvalue weighted by molar-refractivity contribution is 0.0694. The zero-order valence-electron chi connectivity index (χ0n) is 10.0. The third-order valence-electron chi connectivity index (χ3n) is 2.74. The molecule has 2 rings (SSSR count). The van der Waals surface area contributed by atoms with Gasteiger partial charge >= 0.3 is 5.97 Å². The quantitative estimate of drug-likeness (QED) is 0.917. The summed E-state index contributed by atoms with van der Waals surface area (Å²) in [5.41, 5.74) is -0.0410. The van der Waals surface area contributed by atoms with Crippen LogP contribution in [-0.2, 0) is 6.54 Å². The van der Waals surface area contributed by atoms with Gasteiger partial charge in [0.25, 0.3) is 0 Å². The molecule has 0 atom stereocenters. The average Bonchev–Trinajstić information content (AvgIpc) is 2.41. The van der Waals surface area contributed by atoms with Crippen molar-refractivity contribution in [1.82, 2.24) is 4.57 Å². The molecule has 1 aromatic carbocycles. The van der Waals surface area contributed by atoms with Crippen molar-refractivity contribution in [3.8, 4) is 11.1 Å².